The first-order valence-corrected chi connectivity index (χ1v) is 28.6. The van der Waals surface area contributed by atoms with Gasteiger partial charge in [-0.05, 0) is 59.8 Å². The Labute approximate surface area is 403 Å². The fourth-order valence-electron chi connectivity index (χ4n) is 7.97. The molecule has 10 atom stereocenters. The second-order valence-corrected chi connectivity index (χ2v) is 23.8. The number of hydrogen-bond donors (Lipinski definition) is 4. The number of fused-ring (bicyclic) bond motifs is 4. The van der Waals surface area contributed by atoms with Crippen LogP contribution in [-0.4, -0.2) is 99.0 Å². The molecule has 8 rings (SSSR count). The summed E-state index contributed by atoms with van der Waals surface area (Å²) in [5, 5.41) is 0. The van der Waals surface area contributed by atoms with Crippen molar-refractivity contribution in [2.75, 3.05) is 30.3 Å². The van der Waals surface area contributed by atoms with Crippen LogP contribution in [-0.2, 0) is 52.5 Å². The predicted molar refractivity (Wildman–Crippen MR) is 251 cm³/mol. The maximum absolute atomic E-state index is 16.5. The number of halogens is 2. The van der Waals surface area contributed by atoms with Crippen LogP contribution in [0.2, 0.25) is 0 Å². The van der Waals surface area contributed by atoms with Crippen LogP contribution in [0, 0.1) is 0 Å². The van der Waals surface area contributed by atoms with E-state index >= 15 is 8.78 Å². The fourth-order valence-corrected chi connectivity index (χ4v) is 13.3. The molecule has 3 saturated heterocycles. The molecule has 3 aromatic heterocycles. The summed E-state index contributed by atoms with van der Waals surface area (Å²) in [6.07, 6.45) is -2.75. The second-order valence-electron chi connectivity index (χ2n) is 16.6. The van der Waals surface area contributed by atoms with E-state index in [1.54, 1.807) is 24.3 Å². The number of nitrogen functional groups attached to an aromatic ring is 1. The van der Waals surface area contributed by atoms with E-state index in [0.717, 1.165) is 37.9 Å². The first-order chi connectivity index (χ1) is 33.5. The predicted octanol–water partition coefficient (Wildman–Crippen LogP) is 6.71. The minimum atomic E-state index is -5.31. The molecule has 2 unspecified atom stereocenters. The number of nitrogens with one attached hydrogen (secondary N) is 2. The Morgan fingerprint density at radius 2 is 1.56 bits per heavy atom. The number of anilines is 2. The van der Waals surface area contributed by atoms with E-state index < -0.39 is 98.3 Å². The van der Waals surface area contributed by atoms with Gasteiger partial charge in [0.2, 0.25) is 0 Å². The molecule has 70 heavy (non-hydrogen) atoms. The Bertz CT molecular complexity index is 2920. The molecule has 5 aromatic rings. The number of alkyl halides is 2. The molecule has 0 radical (unpaired) electrons. The number of phosphoric acid groups is 1. The van der Waals surface area contributed by atoms with Gasteiger partial charge in [0, 0.05) is 23.7 Å². The molecule has 2 aromatic carbocycles. The zero-order valence-corrected chi connectivity index (χ0v) is 41.0. The molecular formula is C42H52F2N8O14P2S2. The maximum atomic E-state index is 16.5. The number of aromatic amines is 1. The Morgan fingerprint density at radius 1 is 0.857 bits per heavy atom. The van der Waals surface area contributed by atoms with Gasteiger partial charge in [0.05, 0.1) is 31.0 Å². The highest BCUT2D eigenvalue weighted by molar-refractivity contribution is 8.54. The van der Waals surface area contributed by atoms with Crippen LogP contribution in [0.4, 0.5) is 20.3 Å². The number of imidazole rings is 1. The summed E-state index contributed by atoms with van der Waals surface area (Å²) >= 11 is 0.516. The number of hydrogen-bond acceptors (Lipinski definition) is 18. The molecule has 3 fully saturated rings. The summed E-state index contributed by atoms with van der Waals surface area (Å²) in [6, 6.07) is 13.0. The smallest absolute Gasteiger partial charge is 0.472 e. The van der Waals surface area contributed by atoms with E-state index in [1.165, 1.54) is 67.3 Å². The van der Waals surface area contributed by atoms with Gasteiger partial charge in [-0.25, -0.2) is 46.1 Å². The molecule has 2 bridgehead atoms. The lowest BCUT2D eigenvalue weighted by Gasteiger charge is -2.27. The van der Waals surface area contributed by atoms with Crippen molar-refractivity contribution in [1.82, 2.24) is 29.1 Å². The van der Waals surface area contributed by atoms with Crippen LogP contribution < -0.4 is 26.4 Å². The number of aromatic nitrogens is 6. The lowest BCUT2D eigenvalue weighted by molar-refractivity contribution is -0.0640. The third-order valence-corrected chi connectivity index (χ3v) is 17.7. The minimum Gasteiger partial charge on any atom is -0.494 e. The van der Waals surface area contributed by atoms with Crippen molar-refractivity contribution in [3.05, 3.63) is 99.9 Å². The summed E-state index contributed by atoms with van der Waals surface area (Å²) in [5.41, 5.74) is 4.88. The van der Waals surface area contributed by atoms with Crippen molar-refractivity contribution in [3.63, 3.8) is 0 Å². The number of rotatable bonds is 18. The molecule has 0 spiro atoms. The SMILES string of the molecule is CCCCCCCCCCOc1ccc(NS(=O)(=O)c2ccc(CSP3(=O)OC[C@H]4O[C@@H](n5cnc6c(N)ncnc65)[C@H](OP(=O)(O)OC[C@H]5O[C@@H](n6ccc(=O)[nH]c6=O)[C@H](F)[C@@H]5O3)[C@@H]4F)cc2)cc1. The summed E-state index contributed by atoms with van der Waals surface area (Å²) in [7, 11) is -9.39. The largest absolute Gasteiger partial charge is 0.494 e. The van der Waals surface area contributed by atoms with E-state index in [-0.39, 0.29) is 27.6 Å². The van der Waals surface area contributed by atoms with Gasteiger partial charge in [0.15, 0.2) is 36.3 Å². The van der Waals surface area contributed by atoms with Gasteiger partial charge >= 0.3 is 20.3 Å². The van der Waals surface area contributed by atoms with Crippen molar-refractivity contribution < 1.29 is 63.5 Å². The third-order valence-electron chi connectivity index (χ3n) is 11.6. The fraction of sp³-hybridized carbons (Fsp3) is 0.500. The first kappa shape index (κ1) is 51.8. The number of H-pyrrole nitrogens is 1. The quantitative estimate of drug-likeness (QED) is 0.0524. The average Bonchev–Trinajstić information content (AvgIpc) is 3.99. The minimum absolute atomic E-state index is 0.0343. The summed E-state index contributed by atoms with van der Waals surface area (Å²) in [6.45, 7) is -3.86. The number of nitrogens with two attached hydrogens (primary N) is 1. The number of nitrogens with zero attached hydrogens (tertiary/aromatic N) is 5. The molecule has 3 aliphatic heterocycles. The highest BCUT2D eigenvalue weighted by Crippen LogP contribution is 2.65. The molecular weight excluding hydrogens is 1000 g/mol. The zero-order valence-electron chi connectivity index (χ0n) is 37.6. The van der Waals surface area contributed by atoms with Gasteiger partial charge in [-0.1, -0.05) is 64.0 Å². The highest BCUT2D eigenvalue weighted by atomic mass is 32.7. The summed E-state index contributed by atoms with van der Waals surface area (Å²) < 4.78 is 132. The Balaban J connectivity index is 0.975. The molecule has 5 N–H and O–H groups in total. The maximum Gasteiger partial charge on any atom is 0.472 e. The molecule has 22 nitrogen and oxygen atoms in total. The standard InChI is InChI=1S/C42H52F2N8O14P2S2/c1-2-3-4-5-6-7-8-9-20-60-28-14-12-27(13-15-28)50-70(58,59)29-16-10-26(11-17-29)23-69-68(57)62-21-30-33(43)37(41(63-30)52-25-48-35-38(45)46-24-47-39(35)52)65-67(55,56)61-22-31-36(66-68)34(44)40(64-31)51-19-18-32(53)49-42(51)54/h10-19,24-25,30-31,33-34,36-37,40-41,50H,2-9,20-23H2,1H3,(H,55,56)(H2,45,46,47)(H,49,53,54)/t30-,31-,33-,34-,36-,37-,40-,41-,68?/m1/s1. The summed E-state index contributed by atoms with van der Waals surface area (Å²) in [5.74, 6) is 0.357. The van der Waals surface area contributed by atoms with E-state index in [0.29, 0.717) is 39.6 Å². The second kappa shape index (κ2) is 22.4. The van der Waals surface area contributed by atoms with Gasteiger partial charge in [-0.3, -0.25) is 41.7 Å². The van der Waals surface area contributed by atoms with Gasteiger partial charge in [-0.2, -0.15) is 0 Å². The van der Waals surface area contributed by atoms with Crippen molar-refractivity contribution in [2.24, 2.45) is 0 Å². The number of ether oxygens (including phenoxy) is 3. The van der Waals surface area contributed by atoms with Crippen molar-refractivity contribution in [1.29, 1.82) is 0 Å². The molecule has 0 aliphatic carbocycles. The monoisotopic (exact) mass is 1060 g/mol. The van der Waals surface area contributed by atoms with Crippen molar-refractivity contribution in [3.8, 4) is 5.75 Å². The van der Waals surface area contributed by atoms with Crippen LogP contribution in [0.1, 0.15) is 76.3 Å². The van der Waals surface area contributed by atoms with Crippen LogP contribution in [0.3, 0.4) is 0 Å². The molecule has 380 valence electrons. The van der Waals surface area contributed by atoms with Gasteiger partial charge in [0.1, 0.15) is 42.0 Å². The van der Waals surface area contributed by atoms with E-state index in [9.17, 15) is 32.0 Å². The average molecular weight is 1060 g/mol. The lowest BCUT2D eigenvalue weighted by Crippen LogP contribution is -2.36. The van der Waals surface area contributed by atoms with Crippen LogP contribution in [0.5, 0.6) is 5.75 Å². The zero-order chi connectivity index (χ0) is 49.6. The van der Waals surface area contributed by atoms with E-state index in [2.05, 4.69) is 26.6 Å². The first-order valence-electron chi connectivity index (χ1n) is 22.4. The number of benzene rings is 2. The summed E-state index contributed by atoms with van der Waals surface area (Å²) in [4.78, 5) is 49.5. The Morgan fingerprint density at radius 3 is 2.29 bits per heavy atom. The molecule has 3 aliphatic rings. The third kappa shape index (κ3) is 12.4. The van der Waals surface area contributed by atoms with Gasteiger partial charge in [-0.15, -0.1) is 0 Å². The van der Waals surface area contributed by atoms with Crippen molar-refractivity contribution in [2.45, 2.75) is 118 Å². The Kier molecular flexibility index (Phi) is 16.6. The van der Waals surface area contributed by atoms with Gasteiger partial charge < -0.3 is 24.8 Å². The lowest BCUT2D eigenvalue weighted by atomic mass is 10.1. The van der Waals surface area contributed by atoms with Crippen molar-refractivity contribution >= 4 is 58.7 Å². The number of unbranched alkanes of at least 4 members (excludes halogenated alkanes) is 7. The number of phosphoric ester groups is 1. The highest BCUT2D eigenvalue weighted by Gasteiger charge is 2.55. The Hall–Kier alpha value is -4.59. The van der Waals surface area contributed by atoms with E-state index in [4.69, 9.17) is 38.0 Å². The van der Waals surface area contributed by atoms with Gasteiger partial charge in [0.25, 0.3) is 15.6 Å². The van der Waals surface area contributed by atoms with Crippen LogP contribution >= 0.6 is 26.0 Å². The molecule has 6 heterocycles. The number of sulfonamides is 1. The molecule has 0 amide bonds. The van der Waals surface area contributed by atoms with Crippen LogP contribution in [0.25, 0.3) is 11.2 Å². The normalized spacial score (nSPS) is 28.4. The molecule has 0 saturated carbocycles. The van der Waals surface area contributed by atoms with E-state index in [1.807, 2.05) is 4.98 Å². The van der Waals surface area contributed by atoms with Crippen LogP contribution in [0.15, 0.2) is 87.9 Å². The molecule has 28 heteroatoms. The topological polar surface area (TPSA) is 290 Å².